The number of nitrogens with two attached hydrogens (primary N) is 2. The monoisotopic (exact) mass is 442 g/mol. The molecule has 3 rings (SSSR count). The van der Waals surface area contributed by atoms with E-state index in [1.807, 2.05) is 24.3 Å². The molecule has 8 heteroatoms. The molecule has 0 fully saturated rings. The lowest BCUT2D eigenvalue weighted by Gasteiger charge is -2.26. The van der Waals surface area contributed by atoms with Crippen LogP contribution in [0.2, 0.25) is 0 Å². The number of carbonyl (C=O) groups is 1. The third kappa shape index (κ3) is 4.19. The Hall–Kier alpha value is -2.23. The van der Waals surface area contributed by atoms with Gasteiger partial charge >= 0.3 is 0 Å². The number of nitrogens with one attached hydrogen (secondary N) is 1. The molecule has 0 saturated carbocycles. The van der Waals surface area contributed by atoms with Crippen LogP contribution in [0.1, 0.15) is 34.1 Å². The molecule has 128 valence electrons. The minimum atomic E-state index is -0.533. The maximum Gasteiger partial charge on any atom is 0.251 e. The number of fused-ring (bicyclic) bond motifs is 1. The number of primary amides is 1. The number of hydrogen-bond donors (Lipinski definition) is 3. The zero-order valence-corrected chi connectivity index (χ0v) is 15.2. The van der Waals surface area contributed by atoms with Gasteiger partial charge in [0.25, 0.3) is 5.91 Å². The van der Waals surface area contributed by atoms with Gasteiger partial charge < -0.3 is 25.9 Å². The molecule has 24 heavy (non-hydrogen) atoms. The van der Waals surface area contributed by atoms with Gasteiger partial charge in [-0.1, -0.05) is 18.2 Å². The summed E-state index contributed by atoms with van der Waals surface area (Å²) < 4.78 is 10.8. The SMILES string of the molecule is I.NC(=O)c1coc(CN=C(N)NC2CCOc3ccccc32)c1. The molecule has 1 aromatic carbocycles. The average molecular weight is 442 g/mol. The third-order valence-electron chi connectivity index (χ3n) is 3.62. The van der Waals surface area contributed by atoms with Gasteiger partial charge in [-0.25, -0.2) is 4.99 Å². The van der Waals surface area contributed by atoms with Gasteiger partial charge in [-0.05, 0) is 12.1 Å². The van der Waals surface area contributed by atoms with E-state index in [4.69, 9.17) is 20.6 Å². The van der Waals surface area contributed by atoms with Crippen LogP contribution in [0.25, 0.3) is 0 Å². The van der Waals surface area contributed by atoms with Crippen molar-refractivity contribution in [3.63, 3.8) is 0 Å². The minimum absolute atomic E-state index is 0. The quantitative estimate of drug-likeness (QED) is 0.380. The molecule has 1 aromatic heterocycles. The molecule has 0 radical (unpaired) electrons. The van der Waals surface area contributed by atoms with E-state index in [1.54, 1.807) is 6.07 Å². The molecular weight excluding hydrogens is 423 g/mol. The first kappa shape index (κ1) is 18.1. The van der Waals surface area contributed by atoms with Gasteiger partial charge in [0.05, 0.1) is 18.2 Å². The predicted octanol–water partition coefficient (Wildman–Crippen LogP) is 1.92. The number of carbonyl (C=O) groups excluding carboxylic acids is 1. The highest BCUT2D eigenvalue weighted by molar-refractivity contribution is 14.0. The number of benzene rings is 1. The summed E-state index contributed by atoms with van der Waals surface area (Å²) in [5.41, 5.74) is 12.5. The first-order valence-electron chi connectivity index (χ1n) is 7.29. The van der Waals surface area contributed by atoms with Crippen molar-refractivity contribution < 1.29 is 13.9 Å². The first-order valence-corrected chi connectivity index (χ1v) is 7.29. The normalized spacial score (nSPS) is 16.5. The van der Waals surface area contributed by atoms with Crippen molar-refractivity contribution >= 4 is 35.8 Å². The summed E-state index contributed by atoms with van der Waals surface area (Å²) in [6.45, 7) is 0.860. The number of furan rings is 1. The molecule has 0 aliphatic carbocycles. The van der Waals surface area contributed by atoms with Crippen molar-refractivity contribution in [3.8, 4) is 5.75 Å². The van der Waals surface area contributed by atoms with Gasteiger partial charge in [0.1, 0.15) is 24.3 Å². The molecular formula is C16H19IN4O3. The summed E-state index contributed by atoms with van der Waals surface area (Å²) >= 11 is 0. The van der Waals surface area contributed by atoms with Gasteiger partial charge in [0.2, 0.25) is 0 Å². The molecule has 7 nitrogen and oxygen atoms in total. The molecule has 1 unspecified atom stereocenters. The summed E-state index contributed by atoms with van der Waals surface area (Å²) in [6.07, 6.45) is 2.12. The Labute approximate surface area is 156 Å². The molecule has 0 bridgehead atoms. The molecule has 1 amide bonds. The number of nitrogens with zero attached hydrogens (tertiary/aromatic N) is 1. The summed E-state index contributed by atoms with van der Waals surface area (Å²) in [4.78, 5) is 15.2. The van der Waals surface area contributed by atoms with Crippen molar-refractivity contribution in [3.05, 3.63) is 53.5 Å². The second-order valence-corrected chi connectivity index (χ2v) is 5.24. The zero-order valence-electron chi connectivity index (χ0n) is 12.9. The summed E-state index contributed by atoms with van der Waals surface area (Å²) in [5, 5.41) is 3.19. The molecule has 0 spiro atoms. The molecule has 5 N–H and O–H groups in total. The van der Waals surface area contributed by atoms with E-state index in [-0.39, 0.29) is 36.6 Å². The fourth-order valence-corrected chi connectivity index (χ4v) is 2.47. The smallest absolute Gasteiger partial charge is 0.251 e. The fraction of sp³-hybridized carbons (Fsp3) is 0.250. The standard InChI is InChI=1S/C16H18N4O3.HI/c17-15(21)10-7-11(23-9-10)8-19-16(18)20-13-5-6-22-14-4-2-1-3-12(13)14;/h1-4,7,9,13H,5-6,8H2,(H2,17,21)(H3,18,19,20);1H. The number of halogens is 1. The van der Waals surface area contributed by atoms with Gasteiger partial charge in [0, 0.05) is 12.0 Å². The molecule has 1 aliphatic rings. The van der Waals surface area contributed by atoms with Crippen molar-refractivity contribution in [1.29, 1.82) is 0 Å². The van der Waals surface area contributed by atoms with Gasteiger partial charge in [-0.3, -0.25) is 4.79 Å². The molecule has 1 aliphatic heterocycles. The summed E-state index contributed by atoms with van der Waals surface area (Å²) in [6, 6.07) is 9.45. The van der Waals surface area contributed by atoms with Gasteiger partial charge in [-0.15, -0.1) is 24.0 Å². The van der Waals surface area contributed by atoms with E-state index in [9.17, 15) is 4.79 Å². The number of ether oxygens (including phenoxy) is 1. The highest BCUT2D eigenvalue weighted by Gasteiger charge is 2.21. The van der Waals surface area contributed by atoms with E-state index in [0.717, 1.165) is 17.7 Å². The number of hydrogen-bond acceptors (Lipinski definition) is 4. The van der Waals surface area contributed by atoms with Gasteiger partial charge in [0.15, 0.2) is 5.96 Å². The fourth-order valence-electron chi connectivity index (χ4n) is 2.47. The molecule has 0 saturated heterocycles. The lowest BCUT2D eigenvalue weighted by atomic mass is 10.0. The van der Waals surface area contributed by atoms with Crippen LogP contribution in [-0.2, 0) is 6.54 Å². The van der Waals surface area contributed by atoms with Gasteiger partial charge in [-0.2, -0.15) is 0 Å². The maximum absolute atomic E-state index is 11.0. The average Bonchev–Trinajstić information content (AvgIpc) is 3.03. The number of amides is 1. The largest absolute Gasteiger partial charge is 0.493 e. The van der Waals surface area contributed by atoms with Crippen LogP contribution >= 0.6 is 24.0 Å². The van der Waals surface area contributed by atoms with Crippen molar-refractivity contribution in [1.82, 2.24) is 5.32 Å². The highest BCUT2D eigenvalue weighted by atomic mass is 127. The zero-order chi connectivity index (χ0) is 16.2. The van der Waals surface area contributed by atoms with Crippen LogP contribution in [-0.4, -0.2) is 18.5 Å². The Kier molecular flexibility index (Phi) is 6.07. The molecule has 1 atom stereocenters. The third-order valence-corrected chi connectivity index (χ3v) is 3.62. The Morgan fingerprint density at radius 2 is 2.12 bits per heavy atom. The van der Waals surface area contributed by atoms with E-state index in [2.05, 4.69) is 10.3 Å². The minimum Gasteiger partial charge on any atom is -0.493 e. The number of aliphatic imine (C=N–C) groups is 1. The molecule has 2 heterocycles. The van der Waals surface area contributed by atoms with E-state index in [1.165, 1.54) is 6.26 Å². The topological polar surface area (TPSA) is 116 Å². The Morgan fingerprint density at radius 3 is 2.88 bits per heavy atom. The van der Waals surface area contributed by atoms with E-state index >= 15 is 0 Å². The second kappa shape index (κ2) is 8.04. The van der Waals surface area contributed by atoms with Crippen LogP contribution in [0.15, 0.2) is 46.0 Å². The second-order valence-electron chi connectivity index (χ2n) is 5.24. The number of para-hydroxylation sites is 1. The van der Waals surface area contributed by atoms with Crippen molar-refractivity contribution in [2.24, 2.45) is 16.5 Å². The number of guanidine groups is 1. The van der Waals surface area contributed by atoms with Crippen molar-refractivity contribution in [2.45, 2.75) is 19.0 Å². The summed E-state index contributed by atoms with van der Waals surface area (Å²) in [7, 11) is 0. The number of rotatable bonds is 4. The lowest BCUT2D eigenvalue weighted by molar-refractivity contribution is 0.0999. The highest BCUT2D eigenvalue weighted by Crippen LogP contribution is 2.31. The van der Waals surface area contributed by atoms with Crippen LogP contribution in [0.3, 0.4) is 0 Å². The Bertz CT molecular complexity index is 744. The van der Waals surface area contributed by atoms with Crippen molar-refractivity contribution in [2.75, 3.05) is 6.61 Å². The Balaban J connectivity index is 0.00000208. The lowest BCUT2D eigenvalue weighted by Crippen LogP contribution is -2.37. The predicted molar refractivity (Wildman–Crippen MR) is 100 cm³/mol. The van der Waals surface area contributed by atoms with E-state index in [0.29, 0.717) is 23.9 Å². The van der Waals surface area contributed by atoms with Crippen LogP contribution < -0.4 is 21.5 Å². The maximum atomic E-state index is 11.0. The van der Waals surface area contributed by atoms with Crippen LogP contribution in [0.4, 0.5) is 0 Å². The Morgan fingerprint density at radius 1 is 1.33 bits per heavy atom. The summed E-state index contributed by atoms with van der Waals surface area (Å²) in [5.74, 6) is 1.16. The first-order chi connectivity index (χ1) is 11.1. The van der Waals surface area contributed by atoms with E-state index < -0.39 is 5.91 Å². The molecule has 2 aromatic rings. The van der Waals surface area contributed by atoms with Crippen LogP contribution in [0.5, 0.6) is 5.75 Å². The van der Waals surface area contributed by atoms with Crippen LogP contribution in [0, 0.1) is 0 Å².